The van der Waals surface area contributed by atoms with Gasteiger partial charge in [-0.3, -0.25) is 0 Å². The van der Waals surface area contributed by atoms with Crippen molar-refractivity contribution in [2.24, 2.45) is 5.73 Å². The minimum absolute atomic E-state index is 0.00978. The van der Waals surface area contributed by atoms with Crippen LogP contribution in [0.5, 0.6) is 0 Å². The molecule has 4 nitrogen and oxygen atoms in total. The van der Waals surface area contributed by atoms with Crippen LogP contribution in [0.3, 0.4) is 0 Å². The predicted octanol–water partition coefficient (Wildman–Crippen LogP) is 3.74. The van der Waals surface area contributed by atoms with Crippen molar-refractivity contribution in [2.75, 3.05) is 0 Å². The van der Waals surface area contributed by atoms with Crippen molar-refractivity contribution in [1.29, 1.82) is 0 Å². The van der Waals surface area contributed by atoms with Gasteiger partial charge in [0.1, 0.15) is 0 Å². The molecule has 3 aromatic rings. The Kier molecular flexibility index (Phi) is 4.13. The molecule has 3 rings (SSSR count). The third-order valence-electron chi connectivity index (χ3n) is 3.46. The van der Waals surface area contributed by atoms with Gasteiger partial charge in [0, 0.05) is 23.4 Å². The molecule has 2 heterocycles. The van der Waals surface area contributed by atoms with Crippen molar-refractivity contribution in [2.45, 2.75) is 25.8 Å². The van der Waals surface area contributed by atoms with Crippen molar-refractivity contribution in [3.8, 4) is 11.4 Å². The van der Waals surface area contributed by atoms with E-state index in [0.29, 0.717) is 18.1 Å². The molecule has 0 saturated heterocycles. The van der Waals surface area contributed by atoms with Gasteiger partial charge in [-0.2, -0.15) is 16.3 Å². The molecule has 0 spiro atoms. The summed E-state index contributed by atoms with van der Waals surface area (Å²) in [4.78, 5) is 4.45. The van der Waals surface area contributed by atoms with Crippen LogP contribution in [-0.4, -0.2) is 10.1 Å². The Bertz CT molecular complexity index is 705. The highest BCUT2D eigenvalue weighted by atomic mass is 32.1. The zero-order chi connectivity index (χ0) is 14.7. The summed E-state index contributed by atoms with van der Waals surface area (Å²) in [5.74, 6) is 1.30. The van der Waals surface area contributed by atoms with Crippen LogP contribution in [0.25, 0.3) is 11.4 Å². The second-order valence-electron chi connectivity index (χ2n) is 5.04. The summed E-state index contributed by atoms with van der Waals surface area (Å²) in [5, 5.41) is 8.17. The predicted molar refractivity (Wildman–Crippen MR) is 84.0 cm³/mol. The zero-order valence-electron chi connectivity index (χ0n) is 11.8. The lowest BCUT2D eigenvalue weighted by molar-refractivity contribution is 0.372. The number of thiophene rings is 1. The molecule has 0 bridgehead atoms. The second-order valence-corrected chi connectivity index (χ2v) is 5.78. The Morgan fingerprint density at radius 1 is 1.24 bits per heavy atom. The van der Waals surface area contributed by atoms with E-state index in [1.54, 1.807) is 11.3 Å². The van der Waals surface area contributed by atoms with Crippen LogP contribution in [0.4, 0.5) is 0 Å². The Balaban J connectivity index is 1.64. The number of rotatable bonds is 5. The highest BCUT2D eigenvalue weighted by Gasteiger charge is 2.13. The third-order valence-corrected chi connectivity index (χ3v) is 4.32. The first kappa shape index (κ1) is 14.0. The number of aromatic nitrogens is 2. The van der Waals surface area contributed by atoms with Gasteiger partial charge in [-0.05, 0) is 29.9 Å². The van der Waals surface area contributed by atoms with Crippen LogP contribution in [0.1, 0.15) is 29.5 Å². The quantitative estimate of drug-likeness (QED) is 0.779. The minimum atomic E-state index is -0.00978. The number of hydrogen-bond donors (Lipinski definition) is 1. The maximum atomic E-state index is 6.18. The van der Waals surface area contributed by atoms with E-state index in [2.05, 4.69) is 15.5 Å². The maximum absolute atomic E-state index is 6.18. The van der Waals surface area contributed by atoms with Gasteiger partial charge in [0.25, 0.3) is 0 Å². The highest BCUT2D eigenvalue weighted by Crippen LogP contribution is 2.24. The van der Waals surface area contributed by atoms with Gasteiger partial charge < -0.3 is 10.3 Å². The average molecular weight is 299 g/mol. The molecule has 2 aromatic heterocycles. The van der Waals surface area contributed by atoms with Crippen LogP contribution >= 0.6 is 11.3 Å². The van der Waals surface area contributed by atoms with Gasteiger partial charge in [0.15, 0.2) is 0 Å². The fraction of sp³-hybridized carbons (Fsp3) is 0.250. The molecule has 0 aliphatic carbocycles. The maximum Gasteiger partial charge on any atom is 0.227 e. The van der Waals surface area contributed by atoms with Gasteiger partial charge in [-0.1, -0.05) is 35.5 Å². The van der Waals surface area contributed by atoms with Crippen molar-refractivity contribution < 1.29 is 4.52 Å². The molecule has 0 aliphatic rings. The highest BCUT2D eigenvalue weighted by molar-refractivity contribution is 7.08. The Morgan fingerprint density at radius 2 is 2.05 bits per heavy atom. The van der Waals surface area contributed by atoms with E-state index in [-0.39, 0.29) is 6.04 Å². The Labute approximate surface area is 127 Å². The van der Waals surface area contributed by atoms with Gasteiger partial charge in [-0.15, -0.1) is 0 Å². The SMILES string of the molecule is Cc1cscc1-c1noc(CCC(N)c2ccccc2)n1. The molecule has 1 unspecified atom stereocenters. The molecule has 1 atom stereocenters. The van der Waals surface area contributed by atoms with Crippen molar-refractivity contribution in [3.05, 3.63) is 58.1 Å². The van der Waals surface area contributed by atoms with E-state index in [0.717, 1.165) is 17.5 Å². The Hall–Kier alpha value is -1.98. The van der Waals surface area contributed by atoms with Crippen LogP contribution < -0.4 is 5.73 Å². The third kappa shape index (κ3) is 3.20. The molecule has 108 valence electrons. The van der Waals surface area contributed by atoms with Crippen LogP contribution in [0.15, 0.2) is 45.6 Å². The monoisotopic (exact) mass is 299 g/mol. The molecule has 0 amide bonds. The molecule has 0 aliphatic heterocycles. The summed E-state index contributed by atoms with van der Waals surface area (Å²) in [6.07, 6.45) is 1.47. The van der Waals surface area contributed by atoms with E-state index in [1.165, 1.54) is 5.56 Å². The first-order valence-corrected chi connectivity index (χ1v) is 7.84. The average Bonchev–Trinajstić information content (AvgIpc) is 3.14. The molecule has 0 fully saturated rings. The number of nitrogens with zero attached hydrogens (tertiary/aromatic N) is 2. The van der Waals surface area contributed by atoms with Gasteiger partial charge in [0.2, 0.25) is 11.7 Å². The molecular formula is C16H17N3OS. The number of benzene rings is 1. The van der Waals surface area contributed by atoms with Gasteiger partial charge in [-0.25, -0.2) is 0 Å². The minimum Gasteiger partial charge on any atom is -0.339 e. The molecule has 0 radical (unpaired) electrons. The summed E-state index contributed by atoms with van der Waals surface area (Å²) in [6, 6.07) is 10.1. The van der Waals surface area contributed by atoms with Gasteiger partial charge in [0.05, 0.1) is 0 Å². The lowest BCUT2D eigenvalue weighted by atomic mass is 10.0. The summed E-state index contributed by atoms with van der Waals surface area (Å²) in [7, 11) is 0. The lowest BCUT2D eigenvalue weighted by Gasteiger charge is -2.09. The van der Waals surface area contributed by atoms with E-state index in [1.807, 2.05) is 42.6 Å². The van der Waals surface area contributed by atoms with Crippen LogP contribution in [0, 0.1) is 6.92 Å². The number of hydrogen-bond acceptors (Lipinski definition) is 5. The first-order valence-electron chi connectivity index (χ1n) is 6.90. The smallest absolute Gasteiger partial charge is 0.227 e. The summed E-state index contributed by atoms with van der Waals surface area (Å²) >= 11 is 1.64. The van der Waals surface area contributed by atoms with E-state index < -0.39 is 0 Å². The summed E-state index contributed by atoms with van der Waals surface area (Å²) < 4.78 is 5.32. The fourth-order valence-corrected chi connectivity index (χ4v) is 3.03. The van der Waals surface area contributed by atoms with Crippen molar-refractivity contribution in [1.82, 2.24) is 10.1 Å². The van der Waals surface area contributed by atoms with Gasteiger partial charge >= 0.3 is 0 Å². The van der Waals surface area contributed by atoms with Crippen molar-refractivity contribution >= 4 is 11.3 Å². The summed E-state index contributed by atoms with van der Waals surface area (Å²) in [5.41, 5.74) is 9.53. The van der Waals surface area contributed by atoms with Crippen molar-refractivity contribution in [3.63, 3.8) is 0 Å². The fourth-order valence-electron chi connectivity index (χ4n) is 2.20. The van der Waals surface area contributed by atoms with E-state index in [4.69, 9.17) is 10.3 Å². The standard InChI is InChI=1S/C16H17N3OS/c1-11-9-21-10-13(11)16-18-15(20-19-16)8-7-14(17)12-5-3-2-4-6-12/h2-6,9-10,14H,7-8,17H2,1H3. The van der Waals surface area contributed by atoms with E-state index in [9.17, 15) is 0 Å². The molecule has 5 heteroatoms. The van der Waals surface area contributed by atoms with Crippen LogP contribution in [-0.2, 0) is 6.42 Å². The molecule has 2 N–H and O–H groups in total. The topological polar surface area (TPSA) is 64.9 Å². The second kappa shape index (κ2) is 6.20. The lowest BCUT2D eigenvalue weighted by Crippen LogP contribution is -2.11. The normalized spacial score (nSPS) is 12.5. The Morgan fingerprint density at radius 3 is 2.76 bits per heavy atom. The molecular weight excluding hydrogens is 282 g/mol. The molecule has 0 saturated carbocycles. The first-order chi connectivity index (χ1) is 10.2. The largest absolute Gasteiger partial charge is 0.339 e. The molecule has 21 heavy (non-hydrogen) atoms. The van der Waals surface area contributed by atoms with Crippen LogP contribution in [0.2, 0.25) is 0 Å². The molecule has 1 aromatic carbocycles. The number of aryl methyl sites for hydroxylation is 2. The zero-order valence-corrected chi connectivity index (χ0v) is 12.6. The summed E-state index contributed by atoms with van der Waals surface area (Å²) in [6.45, 7) is 2.05. The number of nitrogens with two attached hydrogens (primary N) is 1. The van der Waals surface area contributed by atoms with E-state index >= 15 is 0 Å².